The minimum atomic E-state index is -0.267. The van der Waals surface area contributed by atoms with Gasteiger partial charge in [-0.05, 0) is 75.0 Å². The summed E-state index contributed by atoms with van der Waals surface area (Å²) in [6.45, 7) is 9.40. The normalized spacial score (nSPS) is 14.3. The van der Waals surface area contributed by atoms with Gasteiger partial charge >= 0.3 is 0 Å². The summed E-state index contributed by atoms with van der Waals surface area (Å²) >= 11 is 7.49. The van der Waals surface area contributed by atoms with Crippen LogP contribution in [-0.2, 0) is 6.54 Å². The molecular formula is C29H32ClN7OS. The van der Waals surface area contributed by atoms with Crippen molar-refractivity contribution in [2.24, 2.45) is 5.92 Å². The molecule has 4 aromatic rings. The van der Waals surface area contributed by atoms with Crippen molar-refractivity contribution >= 4 is 57.0 Å². The van der Waals surface area contributed by atoms with Gasteiger partial charge in [-0.3, -0.25) is 9.69 Å². The van der Waals surface area contributed by atoms with Crippen LogP contribution in [0.5, 0.6) is 0 Å². The third-order valence-corrected chi connectivity index (χ3v) is 8.00. The van der Waals surface area contributed by atoms with Gasteiger partial charge in [-0.25, -0.2) is 15.0 Å². The lowest BCUT2D eigenvalue weighted by Gasteiger charge is -2.30. The second-order valence-electron chi connectivity index (χ2n) is 10.0. The molecule has 8 nitrogen and oxygen atoms in total. The molecule has 39 heavy (non-hydrogen) atoms. The number of benzene rings is 2. The van der Waals surface area contributed by atoms with Crippen LogP contribution in [0.3, 0.4) is 0 Å². The number of anilines is 5. The van der Waals surface area contributed by atoms with Crippen molar-refractivity contribution < 1.29 is 4.79 Å². The molecule has 1 saturated heterocycles. The SMILES string of the molecule is Cc1nc(Nc2ccc(CN3CCC(C)CC3)cc2)cc(Nc2ncc(C(=O)Nc3c(C)cccc3Cl)s2)n1. The summed E-state index contributed by atoms with van der Waals surface area (Å²) in [4.78, 5) is 29.1. The monoisotopic (exact) mass is 561 g/mol. The van der Waals surface area contributed by atoms with Crippen LogP contribution in [0.15, 0.2) is 54.7 Å². The molecule has 202 valence electrons. The number of hydrogen-bond acceptors (Lipinski definition) is 8. The van der Waals surface area contributed by atoms with Crippen LogP contribution in [0.25, 0.3) is 0 Å². The lowest BCUT2D eigenvalue weighted by Crippen LogP contribution is -2.32. The van der Waals surface area contributed by atoms with Gasteiger partial charge in [0.05, 0.1) is 16.9 Å². The quantitative estimate of drug-likeness (QED) is 0.210. The van der Waals surface area contributed by atoms with E-state index in [-0.39, 0.29) is 5.91 Å². The second kappa shape index (κ2) is 12.1. The first-order valence-corrected chi connectivity index (χ1v) is 14.2. The Morgan fingerprint density at radius 1 is 1.05 bits per heavy atom. The van der Waals surface area contributed by atoms with E-state index in [0.717, 1.165) is 23.7 Å². The number of nitrogens with zero attached hydrogens (tertiary/aromatic N) is 4. The average molecular weight is 562 g/mol. The molecule has 5 rings (SSSR count). The van der Waals surface area contributed by atoms with Crippen molar-refractivity contribution in [2.45, 2.75) is 40.2 Å². The molecule has 0 bridgehead atoms. The van der Waals surface area contributed by atoms with Crippen LogP contribution >= 0.6 is 22.9 Å². The standard InChI is InChI=1S/C29H32ClN7OS/c1-18-11-13-37(14-12-18)17-21-7-9-22(10-8-21)34-25-15-26(33-20(3)32-25)35-29-31-16-24(39-29)28(38)36-27-19(2)5-4-6-23(27)30/h4-10,15-16,18H,11-14,17H2,1-3H3,(H,36,38)(H2,31,32,33,34,35). The van der Waals surface area contributed by atoms with E-state index < -0.39 is 0 Å². The molecule has 2 aromatic carbocycles. The number of carbonyl (C=O) groups excluding carboxylic acids is 1. The number of hydrogen-bond donors (Lipinski definition) is 3. The molecule has 1 aliphatic heterocycles. The molecule has 1 amide bonds. The Balaban J connectivity index is 1.21. The summed E-state index contributed by atoms with van der Waals surface area (Å²) in [5.41, 5.74) is 3.76. The highest BCUT2D eigenvalue weighted by Crippen LogP contribution is 2.28. The van der Waals surface area contributed by atoms with Gasteiger partial charge in [0.1, 0.15) is 22.3 Å². The van der Waals surface area contributed by atoms with Gasteiger partial charge in [0.25, 0.3) is 5.91 Å². The van der Waals surface area contributed by atoms with Crippen LogP contribution in [0.2, 0.25) is 5.02 Å². The number of likely N-dealkylation sites (tertiary alicyclic amines) is 1. The molecule has 0 saturated carbocycles. The first kappa shape index (κ1) is 27.1. The van der Waals surface area contributed by atoms with E-state index in [1.165, 1.54) is 49.0 Å². The lowest BCUT2D eigenvalue weighted by atomic mass is 9.99. The van der Waals surface area contributed by atoms with E-state index in [1.54, 1.807) is 6.07 Å². The zero-order valence-electron chi connectivity index (χ0n) is 22.3. The van der Waals surface area contributed by atoms with Gasteiger partial charge in [0.2, 0.25) is 0 Å². The molecule has 1 aliphatic rings. The van der Waals surface area contributed by atoms with Crippen molar-refractivity contribution in [1.29, 1.82) is 0 Å². The van der Waals surface area contributed by atoms with Crippen LogP contribution in [0.4, 0.5) is 28.1 Å². The minimum Gasteiger partial charge on any atom is -0.340 e. The van der Waals surface area contributed by atoms with Gasteiger partial charge in [-0.1, -0.05) is 54.1 Å². The first-order chi connectivity index (χ1) is 18.8. The fraction of sp³-hybridized carbons (Fsp3) is 0.310. The highest BCUT2D eigenvalue weighted by atomic mass is 35.5. The highest BCUT2D eigenvalue weighted by molar-refractivity contribution is 7.17. The fourth-order valence-corrected chi connectivity index (χ4v) is 5.51. The number of thiazole rings is 1. The van der Waals surface area contributed by atoms with Crippen molar-refractivity contribution in [2.75, 3.05) is 29.0 Å². The maximum atomic E-state index is 12.8. The van der Waals surface area contributed by atoms with Gasteiger partial charge in [0, 0.05) is 18.3 Å². The van der Waals surface area contributed by atoms with E-state index in [1.807, 2.05) is 32.0 Å². The van der Waals surface area contributed by atoms with E-state index in [9.17, 15) is 4.79 Å². The molecule has 1 fully saturated rings. The van der Waals surface area contributed by atoms with Crippen molar-refractivity contribution in [3.8, 4) is 0 Å². The molecule has 2 aromatic heterocycles. The topological polar surface area (TPSA) is 95.1 Å². The van der Waals surface area contributed by atoms with Crippen LogP contribution < -0.4 is 16.0 Å². The molecule has 0 spiro atoms. The number of para-hydroxylation sites is 1. The Bertz CT molecular complexity index is 1430. The van der Waals surface area contributed by atoms with Gasteiger partial charge in [-0.15, -0.1) is 0 Å². The average Bonchev–Trinajstić information content (AvgIpc) is 3.37. The van der Waals surface area contributed by atoms with Gasteiger partial charge < -0.3 is 16.0 Å². The van der Waals surface area contributed by atoms with Gasteiger partial charge in [0.15, 0.2) is 5.13 Å². The number of piperidine rings is 1. The Morgan fingerprint density at radius 2 is 1.77 bits per heavy atom. The largest absolute Gasteiger partial charge is 0.340 e. The van der Waals surface area contributed by atoms with Crippen molar-refractivity contribution in [3.05, 3.63) is 81.6 Å². The predicted molar refractivity (Wildman–Crippen MR) is 160 cm³/mol. The molecule has 3 N–H and O–H groups in total. The Morgan fingerprint density at radius 3 is 2.49 bits per heavy atom. The first-order valence-electron chi connectivity index (χ1n) is 13.1. The summed E-state index contributed by atoms with van der Waals surface area (Å²) < 4.78 is 0. The number of aromatic nitrogens is 3. The number of carbonyl (C=O) groups is 1. The lowest BCUT2D eigenvalue weighted by molar-refractivity contribution is 0.103. The molecule has 0 atom stereocenters. The Labute approximate surface area is 237 Å². The van der Waals surface area contributed by atoms with Crippen LogP contribution in [0.1, 0.15) is 46.4 Å². The third kappa shape index (κ3) is 7.11. The van der Waals surface area contributed by atoms with Gasteiger partial charge in [-0.2, -0.15) is 0 Å². The Kier molecular flexibility index (Phi) is 8.40. The molecule has 0 radical (unpaired) electrons. The maximum absolute atomic E-state index is 12.8. The van der Waals surface area contributed by atoms with Crippen molar-refractivity contribution in [1.82, 2.24) is 19.9 Å². The predicted octanol–water partition coefficient (Wildman–Crippen LogP) is 7.17. The summed E-state index contributed by atoms with van der Waals surface area (Å²) in [6, 6.07) is 15.8. The Hall–Kier alpha value is -3.53. The third-order valence-electron chi connectivity index (χ3n) is 6.77. The van der Waals surface area contributed by atoms with E-state index in [2.05, 4.69) is 67.0 Å². The van der Waals surface area contributed by atoms with Crippen LogP contribution in [0, 0.1) is 19.8 Å². The highest BCUT2D eigenvalue weighted by Gasteiger charge is 2.16. The summed E-state index contributed by atoms with van der Waals surface area (Å²) in [5, 5.41) is 10.5. The smallest absolute Gasteiger partial charge is 0.267 e. The maximum Gasteiger partial charge on any atom is 0.267 e. The summed E-state index contributed by atoms with van der Waals surface area (Å²) in [5.74, 6) is 2.44. The minimum absolute atomic E-state index is 0.267. The molecule has 0 aliphatic carbocycles. The zero-order chi connectivity index (χ0) is 27.4. The van der Waals surface area contributed by atoms with Crippen molar-refractivity contribution in [3.63, 3.8) is 0 Å². The van der Waals surface area contributed by atoms with E-state index in [0.29, 0.717) is 38.2 Å². The van der Waals surface area contributed by atoms with Crippen LogP contribution in [-0.4, -0.2) is 38.8 Å². The number of rotatable bonds is 8. The fourth-order valence-electron chi connectivity index (χ4n) is 4.53. The molecular weight excluding hydrogens is 530 g/mol. The number of aryl methyl sites for hydroxylation is 2. The number of amides is 1. The van der Waals surface area contributed by atoms with E-state index in [4.69, 9.17) is 11.6 Å². The zero-order valence-corrected chi connectivity index (χ0v) is 23.9. The molecule has 10 heteroatoms. The summed E-state index contributed by atoms with van der Waals surface area (Å²) in [6.07, 6.45) is 4.09. The number of halogens is 1. The molecule has 0 unspecified atom stereocenters. The second-order valence-corrected chi connectivity index (χ2v) is 11.4. The number of nitrogens with one attached hydrogen (secondary N) is 3. The summed E-state index contributed by atoms with van der Waals surface area (Å²) in [7, 11) is 0. The van der Waals surface area contributed by atoms with E-state index >= 15 is 0 Å². The molecule has 3 heterocycles.